The van der Waals surface area contributed by atoms with Crippen LogP contribution in [-0.2, 0) is 14.9 Å². The molecule has 1 aliphatic carbocycles. The summed E-state index contributed by atoms with van der Waals surface area (Å²) in [6.07, 6.45) is 1.89. The summed E-state index contributed by atoms with van der Waals surface area (Å²) in [6.45, 7) is 4.16. The van der Waals surface area contributed by atoms with E-state index in [2.05, 4.69) is 29.0 Å². The molecule has 2 aliphatic heterocycles. The predicted octanol–water partition coefficient (Wildman–Crippen LogP) is 1.52. The van der Waals surface area contributed by atoms with Gasteiger partial charge in [-0.05, 0) is 37.6 Å². The molecule has 2 atom stereocenters. The van der Waals surface area contributed by atoms with Crippen LogP contribution in [0.25, 0.3) is 0 Å². The van der Waals surface area contributed by atoms with Gasteiger partial charge in [0.25, 0.3) is 0 Å². The van der Waals surface area contributed by atoms with Crippen molar-refractivity contribution in [2.24, 2.45) is 5.92 Å². The summed E-state index contributed by atoms with van der Waals surface area (Å²) < 4.78 is 11.1. The average molecular weight is 330 g/mol. The number of hydrogen-bond acceptors (Lipinski definition) is 4. The van der Waals surface area contributed by atoms with Crippen LogP contribution in [-0.4, -0.2) is 68.8 Å². The van der Waals surface area contributed by atoms with Gasteiger partial charge in [-0.2, -0.15) is 0 Å². The van der Waals surface area contributed by atoms with Crippen molar-refractivity contribution >= 4 is 5.91 Å². The van der Waals surface area contributed by atoms with Crippen molar-refractivity contribution in [1.29, 1.82) is 0 Å². The van der Waals surface area contributed by atoms with Gasteiger partial charge in [0.2, 0.25) is 5.91 Å². The van der Waals surface area contributed by atoms with E-state index in [-0.39, 0.29) is 11.5 Å². The third-order valence-corrected chi connectivity index (χ3v) is 5.71. The van der Waals surface area contributed by atoms with E-state index in [1.54, 1.807) is 7.11 Å². The Hall–Kier alpha value is -1.59. The Kier molecular flexibility index (Phi) is 4.01. The van der Waals surface area contributed by atoms with Crippen LogP contribution in [0, 0.1) is 5.92 Å². The zero-order chi connectivity index (χ0) is 16.7. The fourth-order valence-electron chi connectivity index (χ4n) is 4.26. The number of methoxy groups -OCH3 is 1. The molecule has 1 aromatic carbocycles. The second-order valence-corrected chi connectivity index (χ2v) is 7.55. The SMILES string of the molecule is COc1ccc(C2(C(=O)N3C[C@H]4COC[C@@H]3CN(C)C4)CC2)cc1. The maximum absolute atomic E-state index is 13.5. The molecule has 3 fully saturated rings. The molecular formula is C19H26N2O3. The number of fused-ring (bicyclic) bond motifs is 3. The summed E-state index contributed by atoms with van der Waals surface area (Å²) in [7, 11) is 3.82. The third kappa shape index (κ3) is 2.70. The number of amides is 1. The van der Waals surface area contributed by atoms with Crippen molar-refractivity contribution in [2.45, 2.75) is 24.3 Å². The summed E-state index contributed by atoms with van der Waals surface area (Å²) in [4.78, 5) is 17.9. The third-order valence-electron chi connectivity index (χ3n) is 5.71. The maximum atomic E-state index is 13.5. The monoisotopic (exact) mass is 330 g/mol. The molecule has 1 amide bonds. The normalized spacial score (nSPS) is 29.0. The van der Waals surface area contributed by atoms with Crippen molar-refractivity contribution in [3.8, 4) is 5.75 Å². The van der Waals surface area contributed by atoms with Gasteiger partial charge in [-0.3, -0.25) is 4.79 Å². The van der Waals surface area contributed by atoms with E-state index in [4.69, 9.17) is 9.47 Å². The fourth-order valence-corrected chi connectivity index (χ4v) is 4.26. The topological polar surface area (TPSA) is 42.0 Å². The van der Waals surface area contributed by atoms with Gasteiger partial charge in [-0.15, -0.1) is 0 Å². The molecule has 0 radical (unpaired) electrons. The zero-order valence-electron chi connectivity index (χ0n) is 14.5. The van der Waals surface area contributed by atoms with E-state index >= 15 is 0 Å². The molecule has 24 heavy (non-hydrogen) atoms. The van der Waals surface area contributed by atoms with Crippen molar-refractivity contribution in [3.63, 3.8) is 0 Å². The van der Waals surface area contributed by atoms with Crippen molar-refractivity contribution in [3.05, 3.63) is 29.8 Å². The molecule has 5 nitrogen and oxygen atoms in total. The number of ether oxygens (including phenoxy) is 2. The average Bonchev–Trinajstić information content (AvgIpc) is 3.39. The van der Waals surface area contributed by atoms with Crippen LogP contribution < -0.4 is 4.74 Å². The highest BCUT2D eigenvalue weighted by Gasteiger charge is 2.54. The first-order valence-corrected chi connectivity index (χ1v) is 8.84. The van der Waals surface area contributed by atoms with Crippen molar-refractivity contribution < 1.29 is 14.3 Å². The van der Waals surface area contributed by atoms with Gasteiger partial charge < -0.3 is 19.3 Å². The predicted molar refractivity (Wildman–Crippen MR) is 91.2 cm³/mol. The molecule has 2 bridgehead atoms. The first-order chi connectivity index (χ1) is 11.6. The Labute approximate surface area is 143 Å². The maximum Gasteiger partial charge on any atom is 0.233 e. The molecule has 1 aromatic rings. The number of nitrogens with zero attached hydrogens (tertiary/aromatic N) is 2. The number of carbonyl (C=O) groups is 1. The summed E-state index contributed by atoms with van der Waals surface area (Å²) >= 11 is 0. The molecule has 0 aromatic heterocycles. The lowest BCUT2D eigenvalue weighted by atomic mass is 9.93. The molecule has 2 saturated heterocycles. The van der Waals surface area contributed by atoms with Gasteiger partial charge >= 0.3 is 0 Å². The lowest BCUT2D eigenvalue weighted by Gasteiger charge is -2.33. The standard InChI is InChI=1S/C19H26N2O3/c1-20-9-14-10-21(16(11-20)13-24-12-14)18(22)19(7-8-19)15-3-5-17(23-2)6-4-15/h3-6,14,16H,7-13H2,1-2H3/t14-,16-/m0/s1. The first kappa shape index (κ1) is 15.9. The Bertz CT molecular complexity index is 612. The molecule has 130 valence electrons. The second kappa shape index (κ2) is 6.05. The zero-order valence-corrected chi connectivity index (χ0v) is 14.5. The molecule has 2 heterocycles. The summed E-state index contributed by atoms with van der Waals surface area (Å²) in [5.74, 6) is 1.55. The molecule has 0 spiro atoms. The summed E-state index contributed by atoms with van der Waals surface area (Å²) in [5, 5.41) is 0. The van der Waals surface area contributed by atoms with Gasteiger partial charge in [0.05, 0.1) is 31.8 Å². The van der Waals surface area contributed by atoms with E-state index in [9.17, 15) is 4.79 Å². The van der Waals surface area contributed by atoms with Crippen LogP contribution in [0.3, 0.4) is 0 Å². The molecule has 5 heteroatoms. The van der Waals surface area contributed by atoms with Gasteiger partial charge in [-0.25, -0.2) is 0 Å². The van der Waals surface area contributed by atoms with Crippen molar-refractivity contribution in [2.75, 3.05) is 47.0 Å². The number of hydrogen-bond donors (Lipinski definition) is 0. The van der Waals surface area contributed by atoms with Crippen LogP contribution >= 0.6 is 0 Å². The van der Waals surface area contributed by atoms with Crippen LogP contribution in [0.4, 0.5) is 0 Å². The van der Waals surface area contributed by atoms with Crippen LogP contribution in [0.5, 0.6) is 5.75 Å². The lowest BCUT2D eigenvalue weighted by molar-refractivity contribution is -0.136. The van der Waals surface area contributed by atoms with Crippen LogP contribution in [0.2, 0.25) is 0 Å². The first-order valence-electron chi connectivity index (χ1n) is 8.84. The minimum Gasteiger partial charge on any atom is -0.497 e. The lowest BCUT2D eigenvalue weighted by Crippen LogP contribution is -2.49. The molecule has 4 rings (SSSR count). The van der Waals surface area contributed by atoms with Gasteiger partial charge in [0.1, 0.15) is 5.75 Å². The highest BCUT2D eigenvalue weighted by Crippen LogP contribution is 2.50. The Morgan fingerprint density at radius 3 is 2.58 bits per heavy atom. The van der Waals surface area contributed by atoms with E-state index in [1.807, 2.05) is 12.1 Å². The van der Waals surface area contributed by atoms with Crippen molar-refractivity contribution in [1.82, 2.24) is 9.80 Å². The Morgan fingerprint density at radius 1 is 1.17 bits per heavy atom. The molecule has 0 N–H and O–H groups in total. The van der Waals surface area contributed by atoms with E-state index in [0.29, 0.717) is 18.4 Å². The minimum atomic E-state index is -0.317. The number of benzene rings is 1. The Balaban J connectivity index is 1.60. The minimum absolute atomic E-state index is 0.172. The fraction of sp³-hybridized carbons (Fsp3) is 0.632. The van der Waals surface area contributed by atoms with E-state index < -0.39 is 0 Å². The van der Waals surface area contributed by atoms with Crippen LogP contribution in [0.15, 0.2) is 24.3 Å². The van der Waals surface area contributed by atoms with E-state index in [0.717, 1.165) is 50.4 Å². The summed E-state index contributed by atoms with van der Waals surface area (Å²) in [5.41, 5.74) is 0.809. The largest absolute Gasteiger partial charge is 0.497 e. The smallest absolute Gasteiger partial charge is 0.233 e. The molecule has 3 aliphatic rings. The van der Waals surface area contributed by atoms with Gasteiger partial charge in [0.15, 0.2) is 0 Å². The highest BCUT2D eigenvalue weighted by atomic mass is 16.5. The molecule has 0 unspecified atom stereocenters. The second-order valence-electron chi connectivity index (χ2n) is 7.55. The van der Waals surface area contributed by atoms with Crippen LogP contribution in [0.1, 0.15) is 18.4 Å². The van der Waals surface area contributed by atoms with Gasteiger partial charge in [0, 0.05) is 25.6 Å². The quantitative estimate of drug-likeness (QED) is 0.843. The summed E-state index contributed by atoms with van der Waals surface area (Å²) in [6, 6.07) is 8.19. The Morgan fingerprint density at radius 2 is 1.92 bits per heavy atom. The van der Waals surface area contributed by atoms with Gasteiger partial charge in [-0.1, -0.05) is 12.1 Å². The number of carbonyl (C=O) groups excluding carboxylic acids is 1. The van der Waals surface area contributed by atoms with E-state index in [1.165, 1.54) is 0 Å². The molecule has 1 saturated carbocycles. The number of likely N-dealkylation sites (N-methyl/N-ethyl adjacent to an activating group) is 1. The molecular weight excluding hydrogens is 304 g/mol. The highest BCUT2D eigenvalue weighted by molar-refractivity contribution is 5.91. The number of rotatable bonds is 3.